The van der Waals surface area contributed by atoms with Crippen LogP contribution in [0.3, 0.4) is 0 Å². The standard InChI is InChI=1S/C24H45N3O3/c1-16(2)10-25-19(28)22(7)13-23(8,20(29)26-11-17(3)4)15-24(9,14-22)21(30)27-12-18(5)6/h16-18H,10-15H2,1-9H3,(H,25,28)(H,26,29)(H,27,30). The van der Waals surface area contributed by atoms with Crippen LogP contribution in [0.4, 0.5) is 0 Å². The molecule has 0 aromatic carbocycles. The third kappa shape index (κ3) is 6.98. The molecule has 1 saturated carbocycles. The van der Waals surface area contributed by atoms with E-state index >= 15 is 0 Å². The number of rotatable bonds is 9. The number of amides is 3. The SMILES string of the molecule is CC(C)CNC(=O)C1(C)CC(C)(C(=O)NCC(C)C)CC(C)(C(=O)NCC(C)C)C1. The van der Waals surface area contributed by atoms with Gasteiger partial charge in [-0.25, -0.2) is 0 Å². The summed E-state index contributed by atoms with van der Waals surface area (Å²) in [4.78, 5) is 39.6. The molecule has 1 fully saturated rings. The maximum Gasteiger partial charge on any atom is 0.226 e. The minimum absolute atomic E-state index is 0.0679. The van der Waals surface area contributed by atoms with Gasteiger partial charge in [0, 0.05) is 35.9 Å². The van der Waals surface area contributed by atoms with Gasteiger partial charge in [-0.05, 0) is 37.0 Å². The Labute approximate surface area is 183 Å². The first-order chi connectivity index (χ1) is 13.6. The van der Waals surface area contributed by atoms with Crippen molar-refractivity contribution in [2.45, 2.75) is 81.6 Å². The first-order valence-electron chi connectivity index (χ1n) is 11.5. The van der Waals surface area contributed by atoms with Crippen molar-refractivity contribution in [3.63, 3.8) is 0 Å². The van der Waals surface area contributed by atoms with Crippen LogP contribution in [0.25, 0.3) is 0 Å². The highest BCUT2D eigenvalue weighted by atomic mass is 16.2. The summed E-state index contributed by atoms with van der Waals surface area (Å²) in [6, 6.07) is 0. The van der Waals surface area contributed by atoms with Crippen molar-refractivity contribution >= 4 is 17.7 Å². The van der Waals surface area contributed by atoms with Crippen molar-refractivity contribution in [2.75, 3.05) is 19.6 Å². The molecule has 6 heteroatoms. The number of carbonyl (C=O) groups excluding carboxylic acids is 3. The first-order valence-corrected chi connectivity index (χ1v) is 11.5. The van der Waals surface area contributed by atoms with Gasteiger partial charge in [-0.3, -0.25) is 14.4 Å². The summed E-state index contributed by atoms with van der Waals surface area (Å²) in [6.07, 6.45) is 1.29. The molecule has 30 heavy (non-hydrogen) atoms. The molecule has 0 saturated heterocycles. The molecule has 1 aliphatic carbocycles. The van der Waals surface area contributed by atoms with Crippen LogP contribution in [0.1, 0.15) is 81.6 Å². The zero-order valence-corrected chi connectivity index (χ0v) is 20.7. The van der Waals surface area contributed by atoms with Gasteiger partial charge in [0.15, 0.2) is 0 Å². The van der Waals surface area contributed by atoms with Crippen LogP contribution in [0.2, 0.25) is 0 Å². The van der Waals surface area contributed by atoms with Crippen LogP contribution < -0.4 is 16.0 Å². The topological polar surface area (TPSA) is 87.3 Å². The van der Waals surface area contributed by atoms with E-state index in [1.54, 1.807) is 0 Å². The van der Waals surface area contributed by atoms with Gasteiger partial charge in [0.25, 0.3) is 0 Å². The zero-order chi connectivity index (χ0) is 23.3. The average molecular weight is 424 g/mol. The smallest absolute Gasteiger partial charge is 0.226 e. The Kier molecular flexibility index (Phi) is 8.94. The number of nitrogens with one attached hydrogen (secondary N) is 3. The van der Waals surface area contributed by atoms with Gasteiger partial charge in [-0.2, -0.15) is 0 Å². The van der Waals surface area contributed by atoms with Gasteiger partial charge in [0.05, 0.1) is 0 Å². The highest BCUT2D eigenvalue weighted by Crippen LogP contribution is 2.54. The van der Waals surface area contributed by atoms with Crippen LogP contribution >= 0.6 is 0 Å². The molecule has 0 aromatic rings. The van der Waals surface area contributed by atoms with E-state index in [2.05, 4.69) is 57.5 Å². The van der Waals surface area contributed by atoms with Gasteiger partial charge in [-0.15, -0.1) is 0 Å². The van der Waals surface area contributed by atoms with E-state index in [4.69, 9.17) is 0 Å². The van der Waals surface area contributed by atoms with Crippen molar-refractivity contribution in [1.29, 1.82) is 0 Å². The Balaban J connectivity index is 3.22. The summed E-state index contributed by atoms with van der Waals surface area (Å²) in [7, 11) is 0. The molecule has 0 radical (unpaired) electrons. The summed E-state index contributed by atoms with van der Waals surface area (Å²) < 4.78 is 0. The summed E-state index contributed by atoms with van der Waals surface area (Å²) in [5, 5.41) is 9.13. The molecule has 174 valence electrons. The van der Waals surface area contributed by atoms with Gasteiger partial charge in [0.1, 0.15) is 0 Å². The molecule has 0 heterocycles. The van der Waals surface area contributed by atoms with E-state index in [0.29, 0.717) is 56.7 Å². The van der Waals surface area contributed by atoms with Gasteiger partial charge < -0.3 is 16.0 Å². The number of hydrogen-bond donors (Lipinski definition) is 3. The molecule has 0 bridgehead atoms. The second kappa shape index (κ2) is 10.1. The summed E-state index contributed by atoms with van der Waals surface area (Å²) in [6.45, 7) is 19.8. The molecule has 1 rings (SSSR count). The van der Waals surface area contributed by atoms with Crippen LogP contribution in [0, 0.1) is 34.0 Å². The van der Waals surface area contributed by atoms with E-state index in [1.807, 2.05) is 20.8 Å². The highest BCUT2D eigenvalue weighted by Gasteiger charge is 2.57. The molecule has 6 nitrogen and oxygen atoms in total. The lowest BCUT2D eigenvalue weighted by Crippen LogP contribution is -2.58. The summed E-state index contributed by atoms with van der Waals surface area (Å²) >= 11 is 0. The molecule has 3 amide bonds. The molecule has 3 N–H and O–H groups in total. The van der Waals surface area contributed by atoms with E-state index < -0.39 is 16.2 Å². The molecule has 0 spiro atoms. The maximum absolute atomic E-state index is 13.2. The Morgan fingerprint density at radius 3 is 0.933 bits per heavy atom. The Bertz CT molecular complexity index is 534. The molecule has 0 aliphatic heterocycles. The zero-order valence-electron chi connectivity index (χ0n) is 20.7. The normalized spacial score (nSPS) is 29.2. The fraction of sp³-hybridized carbons (Fsp3) is 0.875. The van der Waals surface area contributed by atoms with Gasteiger partial charge in [0.2, 0.25) is 17.7 Å². The van der Waals surface area contributed by atoms with Crippen molar-refractivity contribution in [1.82, 2.24) is 16.0 Å². The van der Waals surface area contributed by atoms with Crippen molar-refractivity contribution < 1.29 is 14.4 Å². The summed E-state index contributed by atoms with van der Waals surface area (Å²) in [5.74, 6) is 0.803. The third-order valence-electron chi connectivity index (χ3n) is 6.00. The number of hydrogen-bond acceptors (Lipinski definition) is 3. The second-order valence-corrected chi connectivity index (χ2v) is 11.5. The van der Waals surface area contributed by atoms with Crippen LogP contribution in [0.5, 0.6) is 0 Å². The fourth-order valence-corrected chi connectivity index (χ4v) is 4.78. The predicted octanol–water partition coefficient (Wildman–Crippen LogP) is 3.51. The maximum atomic E-state index is 13.2. The largest absolute Gasteiger partial charge is 0.355 e. The fourth-order valence-electron chi connectivity index (χ4n) is 4.78. The molecule has 0 atom stereocenters. The quantitative estimate of drug-likeness (QED) is 0.530. The third-order valence-corrected chi connectivity index (χ3v) is 6.00. The highest BCUT2D eigenvalue weighted by molar-refractivity contribution is 5.90. The van der Waals surface area contributed by atoms with Crippen molar-refractivity contribution in [3.05, 3.63) is 0 Å². The first kappa shape index (κ1) is 26.4. The minimum Gasteiger partial charge on any atom is -0.355 e. The van der Waals surface area contributed by atoms with Gasteiger partial charge >= 0.3 is 0 Å². The van der Waals surface area contributed by atoms with Crippen LogP contribution in [-0.2, 0) is 14.4 Å². The molecular formula is C24H45N3O3. The van der Waals surface area contributed by atoms with E-state index in [1.165, 1.54) is 0 Å². The van der Waals surface area contributed by atoms with Crippen molar-refractivity contribution in [3.8, 4) is 0 Å². The lowest BCUT2D eigenvalue weighted by molar-refractivity contribution is -0.154. The second-order valence-electron chi connectivity index (χ2n) is 11.5. The van der Waals surface area contributed by atoms with E-state index in [0.717, 1.165) is 0 Å². The minimum atomic E-state index is -0.791. The van der Waals surface area contributed by atoms with Gasteiger partial charge in [-0.1, -0.05) is 62.3 Å². The molecule has 1 aliphatic rings. The average Bonchev–Trinajstić information content (AvgIpc) is 2.60. The summed E-state index contributed by atoms with van der Waals surface area (Å²) in [5.41, 5.74) is -2.37. The molecular weight excluding hydrogens is 378 g/mol. The Morgan fingerprint density at radius 1 is 0.567 bits per heavy atom. The number of carbonyl (C=O) groups is 3. The van der Waals surface area contributed by atoms with E-state index in [-0.39, 0.29) is 17.7 Å². The Morgan fingerprint density at radius 2 is 0.767 bits per heavy atom. The van der Waals surface area contributed by atoms with Crippen LogP contribution in [-0.4, -0.2) is 37.4 Å². The van der Waals surface area contributed by atoms with Crippen LogP contribution in [0.15, 0.2) is 0 Å². The van der Waals surface area contributed by atoms with Crippen molar-refractivity contribution in [2.24, 2.45) is 34.0 Å². The van der Waals surface area contributed by atoms with E-state index in [9.17, 15) is 14.4 Å². The molecule has 0 aromatic heterocycles. The monoisotopic (exact) mass is 423 g/mol. The predicted molar refractivity (Wildman–Crippen MR) is 122 cm³/mol. The lowest BCUT2D eigenvalue weighted by Gasteiger charge is -2.50. The Hall–Kier alpha value is -1.59. The molecule has 0 unspecified atom stereocenters. The lowest BCUT2D eigenvalue weighted by atomic mass is 9.53.